The van der Waals surface area contributed by atoms with Gasteiger partial charge in [0.1, 0.15) is 29.9 Å². The largest absolute Gasteiger partial charge is 0.497 e. The average Bonchev–Trinajstić information content (AvgIpc) is 3.34. The van der Waals surface area contributed by atoms with Crippen LogP contribution in [0.2, 0.25) is 0 Å². The van der Waals surface area contributed by atoms with Gasteiger partial charge in [0, 0.05) is 56.8 Å². The van der Waals surface area contributed by atoms with Gasteiger partial charge in [0.25, 0.3) is 5.69 Å². The Balaban J connectivity index is 1.35. The van der Waals surface area contributed by atoms with Gasteiger partial charge in [0.15, 0.2) is 0 Å². The molecular weight excluding hydrogens is 857 g/mol. The first-order valence-electron chi connectivity index (χ1n) is 22.9. The van der Waals surface area contributed by atoms with Gasteiger partial charge in [0.05, 0.1) is 36.7 Å². The number of carbonyl (C=O) groups is 2. The number of ether oxygens (including phenoxy) is 4. The maximum Gasteiger partial charge on any atom is 0.412 e. The number of hydrogen-bond donors (Lipinski definition) is 3. The molecule has 3 aliphatic rings. The lowest BCUT2D eigenvalue weighted by Gasteiger charge is -2.59. The van der Waals surface area contributed by atoms with Crippen LogP contribution in [0.25, 0.3) is 0 Å². The van der Waals surface area contributed by atoms with Crippen molar-refractivity contribution in [3.05, 3.63) is 154 Å². The molecule has 2 aliphatic carbocycles. The minimum Gasteiger partial charge on any atom is -0.497 e. The lowest BCUT2D eigenvalue weighted by Crippen LogP contribution is -2.69. The van der Waals surface area contributed by atoms with E-state index in [4.69, 9.17) is 28.9 Å². The van der Waals surface area contributed by atoms with Crippen LogP contribution in [-0.2, 0) is 33.9 Å². The molecule has 0 aromatic heterocycles. The highest BCUT2D eigenvalue weighted by atomic mass is 16.7. The number of oxime groups is 1. The fourth-order valence-corrected chi connectivity index (χ4v) is 9.86. The molecule has 15 nitrogen and oxygen atoms in total. The Labute approximate surface area is 391 Å². The van der Waals surface area contributed by atoms with Gasteiger partial charge in [-0.25, -0.2) is 4.79 Å². The van der Waals surface area contributed by atoms with Crippen LogP contribution in [0.15, 0.2) is 127 Å². The van der Waals surface area contributed by atoms with Gasteiger partial charge < -0.3 is 44.2 Å². The number of methoxy groups -OCH3 is 1. The van der Waals surface area contributed by atoms with Crippen molar-refractivity contribution in [1.82, 2.24) is 10.2 Å². The molecule has 15 heteroatoms. The molecule has 1 saturated carbocycles. The zero-order valence-electron chi connectivity index (χ0n) is 38.1. The van der Waals surface area contributed by atoms with Gasteiger partial charge in [-0.3, -0.25) is 14.9 Å². The molecule has 7 rings (SSSR count). The van der Waals surface area contributed by atoms with Gasteiger partial charge in [-0.15, -0.1) is 6.58 Å². The van der Waals surface area contributed by atoms with Crippen molar-refractivity contribution in [2.24, 2.45) is 22.9 Å². The van der Waals surface area contributed by atoms with Crippen molar-refractivity contribution in [3.8, 4) is 17.2 Å². The number of carbonyl (C=O) groups excluding carboxylic acids is 2. The van der Waals surface area contributed by atoms with E-state index in [-0.39, 0.29) is 75.2 Å². The molecule has 3 N–H and O–H groups in total. The summed E-state index contributed by atoms with van der Waals surface area (Å²) >= 11 is 0. The number of non-ortho nitro benzene ring substituents is 1. The zero-order chi connectivity index (χ0) is 47.3. The summed E-state index contributed by atoms with van der Waals surface area (Å²) in [6, 6.07) is 27.6. The fourth-order valence-electron chi connectivity index (χ4n) is 9.86. The second-order valence-corrected chi connectivity index (χ2v) is 17.2. The number of allylic oxidation sites excluding steroid dienone is 1. The molecule has 4 aromatic rings. The Kier molecular flexibility index (Phi) is 16.4. The number of likely N-dealkylation sites (N-methyl/N-ethyl adjacent to an activating group) is 1. The minimum atomic E-state index is -1.49. The minimum absolute atomic E-state index is 0.0202. The van der Waals surface area contributed by atoms with Crippen LogP contribution in [0.5, 0.6) is 17.2 Å². The van der Waals surface area contributed by atoms with Crippen molar-refractivity contribution >= 4 is 23.4 Å². The van der Waals surface area contributed by atoms with E-state index in [1.54, 1.807) is 49.4 Å². The molecule has 0 saturated heterocycles. The highest BCUT2D eigenvalue weighted by Gasteiger charge is 2.65. The third kappa shape index (κ3) is 11.4. The molecule has 0 bridgehead atoms. The van der Waals surface area contributed by atoms with E-state index >= 15 is 0 Å². The molecule has 1 aliphatic heterocycles. The number of nitro groups is 1. The summed E-state index contributed by atoms with van der Waals surface area (Å²) in [5, 5.41) is 38.9. The van der Waals surface area contributed by atoms with Gasteiger partial charge in [-0.05, 0) is 102 Å². The van der Waals surface area contributed by atoms with Crippen molar-refractivity contribution in [1.29, 1.82) is 0 Å². The van der Waals surface area contributed by atoms with Crippen LogP contribution in [0.3, 0.4) is 0 Å². The number of fused-ring (bicyclic) bond motifs is 2. The van der Waals surface area contributed by atoms with Crippen molar-refractivity contribution in [3.63, 3.8) is 0 Å². The summed E-state index contributed by atoms with van der Waals surface area (Å²) in [6.45, 7) is 4.46. The number of nitrogens with zero attached hydrogens (tertiary/aromatic N) is 3. The van der Waals surface area contributed by atoms with Gasteiger partial charge >= 0.3 is 6.09 Å². The summed E-state index contributed by atoms with van der Waals surface area (Å²) in [5.41, 5.74) is 4.51. The molecule has 1 heterocycles. The number of aliphatic hydroxyl groups excluding tert-OH is 2. The quantitative estimate of drug-likeness (QED) is 0.0297. The Morgan fingerprint density at radius 3 is 2.40 bits per heavy atom. The first-order valence-corrected chi connectivity index (χ1v) is 22.9. The summed E-state index contributed by atoms with van der Waals surface area (Å²) in [4.78, 5) is 46.6. The topological polar surface area (TPSA) is 192 Å². The van der Waals surface area contributed by atoms with Crippen LogP contribution in [0.4, 0.5) is 10.5 Å². The molecular formula is C52H60N4O11. The zero-order valence-corrected chi connectivity index (χ0v) is 38.1. The fraction of sp³-hybridized carbons (Fsp3) is 0.404. The van der Waals surface area contributed by atoms with E-state index in [0.717, 1.165) is 41.5 Å². The summed E-state index contributed by atoms with van der Waals surface area (Å²) in [5.74, 6) is -1.29. The molecule has 67 heavy (non-hydrogen) atoms. The second-order valence-electron chi connectivity index (χ2n) is 17.2. The number of rotatable bonds is 22. The Bertz CT molecular complexity index is 2410. The standard InChI is InChI=1S/C52H60N4O11/c1-4-27-64-52-47(55(2)48(59)29-37-15-12-17-40(28-37)63-3)32-45(54-65-34-36-19-21-39(22-20-36)56(61)62)43-30-38(16-8-10-25-57)42(18-9-11-26-58)49(50(43)52)44-31-41(23-24-46(44)67-52)66-51(60)53-33-35-13-6-5-7-14-35/h4-7,12-15,17,19-24,28,30-31,38,42,47,49-50,57-58H,1,8-11,16,18,25-27,29,32-34H2,2-3H3,(H,53,60)/t38-,42+,47-,49+,50+,52+/m0/s1. The molecule has 354 valence electrons. The third-order valence-corrected chi connectivity index (χ3v) is 13.0. The summed E-state index contributed by atoms with van der Waals surface area (Å²) < 4.78 is 25.7. The number of aliphatic hydroxyl groups is 2. The lowest BCUT2D eigenvalue weighted by atomic mass is 9.55. The van der Waals surface area contributed by atoms with Crippen LogP contribution < -0.4 is 19.5 Å². The maximum atomic E-state index is 14.6. The predicted molar refractivity (Wildman–Crippen MR) is 252 cm³/mol. The van der Waals surface area contributed by atoms with E-state index in [1.807, 2.05) is 60.7 Å². The normalized spacial score (nSPS) is 22.0. The smallest absolute Gasteiger partial charge is 0.412 e. The molecule has 6 atom stereocenters. The van der Waals surface area contributed by atoms with Crippen LogP contribution in [0, 0.1) is 27.9 Å². The van der Waals surface area contributed by atoms with Crippen molar-refractivity contribution in [2.45, 2.75) is 82.3 Å². The van der Waals surface area contributed by atoms with E-state index < -0.39 is 28.8 Å². The molecule has 2 amide bonds. The number of nitro benzene ring substituents is 1. The molecule has 0 spiro atoms. The van der Waals surface area contributed by atoms with Crippen LogP contribution in [-0.4, -0.2) is 83.6 Å². The highest BCUT2D eigenvalue weighted by molar-refractivity contribution is 6.03. The third-order valence-electron chi connectivity index (χ3n) is 13.0. The monoisotopic (exact) mass is 916 g/mol. The highest BCUT2D eigenvalue weighted by Crippen LogP contribution is 2.62. The first-order chi connectivity index (χ1) is 32.6. The molecule has 1 fully saturated rings. The number of benzene rings is 4. The van der Waals surface area contributed by atoms with Crippen molar-refractivity contribution in [2.75, 3.05) is 34.0 Å². The SMILES string of the molecule is C=CCO[C@@]12Oc3ccc(OC(=O)NCc4ccccc4)cc3[C@H]3[C@H](CCCCO)[C@@H](CCCCO)C=C(C(=NOCc4ccc([N+](=O)[O-])cc4)C[C@@H]1N(C)C(=O)Cc1cccc(OC)c1)[C@H]32. The van der Waals surface area contributed by atoms with Gasteiger partial charge in [-0.1, -0.05) is 72.6 Å². The molecule has 4 aromatic carbocycles. The Morgan fingerprint density at radius 2 is 1.69 bits per heavy atom. The second kappa shape index (κ2) is 22.8. The number of amides is 2. The number of unbranched alkanes of at least 4 members (excludes halogenated alkanes) is 2. The maximum absolute atomic E-state index is 14.6. The summed E-state index contributed by atoms with van der Waals surface area (Å²) in [7, 11) is 3.32. The molecule has 0 radical (unpaired) electrons. The lowest BCUT2D eigenvalue weighted by molar-refractivity contribution is -0.384. The first kappa shape index (κ1) is 48.4. The van der Waals surface area contributed by atoms with Crippen LogP contribution >= 0.6 is 0 Å². The van der Waals surface area contributed by atoms with E-state index in [0.29, 0.717) is 47.8 Å². The van der Waals surface area contributed by atoms with E-state index in [1.165, 1.54) is 12.1 Å². The van der Waals surface area contributed by atoms with E-state index in [9.17, 15) is 29.9 Å². The molecule has 0 unspecified atom stereocenters. The Hall–Kier alpha value is -6.55. The number of hydrogen-bond acceptors (Lipinski definition) is 12. The summed E-state index contributed by atoms with van der Waals surface area (Å²) in [6.07, 6.45) is 7.63. The average molecular weight is 917 g/mol. The van der Waals surface area contributed by atoms with Crippen LogP contribution in [0.1, 0.15) is 73.1 Å². The predicted octanol–water partition coefficient (Wildman–Crippen LogP) is 8.43. The van der Waals surface area contributed by atoms with Gasteiger partial charge in [-0.2, -0.15) is 0 Å². The van der Waals surface area contributed by atoms with Crippen molar-refractivity contribution < 1.29 is 48.5 Å². The van der Waals surface area contributed by atoms with E-state index in [2.05, 4.69) is 18.0 Å². The Morgan fingerprint density at radius 1 is 0.940 bits per heavy atom. The van der Waals surface area contributed by atoms with Gasteiger partial charge in [0.2, 0.25) is 11.7 Å². The number of nitrogens with one attached hydrogen (secondary N) is 1.